The first-order chi connectivity index (χ1) is 16.1. The van der Waals surface area contributed by atoms with Gasteiger partial charge in [-0.05, 0) is 61.6 Å². The fourth-order valence-corrected chi connectivity index (χ4v) is 4.39. The molecule has 1 fully saturated rings. The molecular formula is C25H26N4O4. The summed E-state index contributed by atoms with van der Waals surface area (Å²) >= 11 is 0. The molecule has 3 heterocycles. The number of hydrogen-bond acceptors (Lipinski definition) is 6. The molecule has 0 unspecified atom stereocenters. The number of benzene rings is 1. The lowest BCUT2D eigenvalue weighted by molar-refractivity contribution is -0.114. The standard InChI is InChI=1S/C25H26N4O4/c1-16(30)27-23-10-8-18-13-17(7-9-21(18)28-23)19-14-22-24(26-15-19)32-12-11-29(22)25(31)33-20-5-3-2-4-6-20/h7-10,13-15,20H,2-6,11-12H2,1H3,(H,27,28,30). The summed E-state index contributed by atoms with van der Waals surface area (Å²) in [5.74, 6) is 0.794. The van der Waals surface area contributed by atoms with E-state index in [0.717, 1.165) is 47.7 Å². The highest BCUT2D eigenvalue weighted by molar-refractivity contribution is 5.93. The third-order valence-electron chi connectivity index (χ3n) is 6.04. The first-order valence-electron chi connectivity index (χ1n) is 11.4. The van der Waals surface area contributed by atoms with Crippen LogP contribution in [0.3, 0.4) is 0 Å². The number of aromatic nitrogens is 2. The summed E-state index contributed by atoms with van der Waals surface area (Å²) < 4.78 is 11.5. The number of carbonyl (C=O) groups is 2. The summed E-state index contributed by atoms with van der Waals surface area (Å²) in [4.78, 5) is 34.8. The van der Waals surface area contributed by atoms with Crippen molar-refractivity contribution in [1.82, 2.24) is 9.97 Å². The zero-order valence-electron chi connectivity index (χ0n) is 18.5. The van der Waals surface area contributed by atoms with Crippen LogP contribution in [0.1, 0.15) is 39.0 Å². The van der Waals surface area contributed by atoms with Crippen LogP contribution in [0.15, 0.2) is 42.6 Å². The molecule has 8 heteroatoms. The van der Waals surface area contributed by atoms with Crippen molar-refractivity contribution in [3.63, 3.8) is 0 Å². The molecule has 1 saturated carbocycles. The number of pyridine rings is 2. The summed E-state index contributed by atoms with van der Waals surface area (Å²) in [7, 11) is 0. The zero-order valence-corrected chi connectivity index (χ0v) is 18.5. The molecule has 0 bridgehead atoms. The number of amides is 2. The summed E-state index contributed by atoms with van der Waals surface area (Å²) in [6.45, 7) is 2.27. The van der Waals surface area contributed by atoms with Gasteiger partial charge in [0.15, 0.2) is 0 Å². The number of hydrogen-bond donors (Lipinski definition) is 1. The van der Waals surface area contributed by atoms with E-state index in [1.165, 1.54) is 13.3 Å². The molecule has 2 aliphatic rings. The monoisotopic (exact) mass is 446 g/mol. The van der Waals surface area contributed by atoms with E-state index in [0.29, 0.717) is 30.5 Å². The molecular weight excluding hydrogens is 420 g/mol. The third-order valence-corrected chi connectivity index (χ3v) is 6.04. The SMILES string of the molecule is CC(=O)Nc1ccc2cc(-c3cnc4c(c3)N(C(=O)OC3CCCCC3)CCO4)ccc2n1. The highest BCUT2D eigenvalue weighted by Crippen LogP contribution is 2.35. The lowest BCUT2D eigenvalue weighted by Gasteiger charge is -2.31. The molecule has 0 radical (unpaired) electrons. The van der Waals surface area contributed by atoms with Crippen molar-refractivity contribution in [3.05, 3.63) is 42.6 Å². The van der Waals surface area contributed by atoms with E-state index in [-0.39, 0.29) is 18.1 Å². The lowest BCUT2D eigenvalue weighted by atomic mass is 9.98. The van der Waals surface area contributed by atoms with Crippen LogP contribution in [0, 0.1) is 0 Å². The van der Waals surface area contributed by atoms with Gasteiger partial charge < -0.3 is 14.8 Å². The van der Waals surface area contributed by atoms with Gasteiger partial charge in [-0.15, -0.1) is 0 Å². The van der Waals surface area contributed by atoms with Crippen molar-refractivity contribution in [3.8, 4) is 17.0 Å². The second-order valence-electron chi connectivity index (χ2n) is 8.48. The summed E-state index contributed by atoms with van der Waals surface area (Å²) in [5.41, 5.74) is 3.20. The van der Waals surface area contributed by atoms with E-state index in [9.17, 15) is 9.59 Å². The second-order valence-corrected chi connectivity index (χ2v) is 8.48. The Morgan fingerprint density at radius 2 is 1.94 bits per heavy atom. The molecule has 1 aliphatic heterocycles. The number of fused-ring (bicyclic) bond motifs is 2. The summed E-state index contributed by atoms with van der Waals surface area (Å²) in [6.07, 6.45) is 6.67. The van der Waals surface area contributed by atoms with E-state index in [1.54, 1.807) is 17.2 Å². The van der Waals surface area contributed by atoms with Crippen LogP contribution in [-0.4, -0.2) is 41.2 Å². The Hall–Kier alpha value is -3.68. The molecule has 2 aromatic heterocycles. The van der Waals surface area contributed by atoms with Gasteiger partial charge in [0.05, 0.1) is 12.1 Å². The number of ether oxygens (including phenoxy) is 2. The maximum atomic E-state index is 12.9. The zero-order chi connectivity index (χ0) is 22.8. The molecule has 1 aromatic carbocycles. The topological polar surface area (TPSA) is 93.7 Å². The van der Waals surface area contributed by atoms with E-state index in [2.05, 4.69) is 15.3 Å². The maximum Gasteiger partial charge on any atom is 0.414 e. The number of rotatable bonds is 3. The van der Waals surface area contributed by atoms with Gasteiger partial charge in [-0.2, -0.15) is 0 Å². The van der Waals surface area contributed by atoms with Gasteiger partial charge in [0.2, 0.25) is 11.8 Å². The normalized spacial score (nSPS) is 16.1. The molecule has 8 nitrogen and oxygen atoms in total. The molecule has 5 rings (SSSR count). The van der Waals surface area contributed by atoms with Crippen molar-refractivity contribution in [1.29, 1.82) is 0 Å². The molecule has 33 heavy (non-hydrogen) atoms. The number of carbonyl (C=O) groups excluding carboxylic acids is 2. The van der Waals surface area contributed by atoms with Gasteiger partial charge in [-0.25, -0.2) is 14.8 Å². The Morgan fingerprint density at radius 1 is 1.09 bits per heavy atom. The second kappa shape index (κ2) is 9.05. The van der Waals surface area contributed by atoms with Gasteiger partial charge in [0.25, 0.3) is 0 Å². The van der Waals surface area contributed by atoms with Crippen molar-refractivity contribution in [2.45, 2.75) is 45.1 Å². The van der Waals surface area contributed by atoms with E-state index in [1.807, 2.05) is 30.3 Å². The van der Waals surface area contributed by atoms with E-state index in [4.69, 9.17) is 9.47 Å². The minimum atomic E-state index is -0.335. The van der Waals surface area contributed by atoms with E-state index >= 15 is 0 Å². The van der Waals surface area contributed by atoms with Crippen LogP contribution in [0.4, 0.5) is 16.3 Å². The predicted molar refractivity (Wildman–Crippen MR) is 125 cm³/mol. The number of anilines is 2. The van der Waals surface area contributed by atoms with Gasteiger partial charge >= 0.3 is 6.09 Å². The molecule has 170 valence electrons. The van der Waals surface area contributed by atoms with Gasteiger partial charge in [0, 0.05) is 24.1 Å². The highest BCUT2D eigenvalue weighted by Gasteiger charge is 2.29. The van der Waals surface area contributed by atoms with Crippen LogP contribution < -0.4 is 15.0 Å². The largest absolute Gasteiger partial charge is 0.474 e. The third kappa shape index (κ3) is 4.60. The summed E-state index contributed by atoms with van der Waals surface area (Å²) in [6, 6.07) is 11.5. The van der Waals surface area contributed by atoms with Crippen LogP contribution in [0.2, 0.25) is 0 Å². The van der Waals surface area contributed by atoms with Crippen LogP contribution in [0.25, 0.3) is 22.0 Å². The van der Waals surface area contributed by atoms with Crippen LogP contribution >= 0.6 is 0 Å². The minimum Gasteiger partial charge on any atom is -0.474 e. The summed E-state index contributed by atoms with van der Waals surface area (Å²) in [5, 5.41) is 3.63. The number of nitrogens with zero attached hydrogens (tertiary/aromatic N) is 3. The molecule has 1 N–H and O–H groups in total. The molecule has 0 saturated heterocycles. The minimum absolute atomic E-state index is 0.0101. The molecule has 1 aliphatic carbocycles. The first-order valence-corrected chi connectivity index (χ1v) is 11.4. The van der Waals surface area contributed by atoms with Gasteiger partial charge in [-0.3, -0.25) is 9.69 Å². The molecule has 3 aromatic rings. The average molecular weight is 447 g/mol. The van der Waals surface area contributed by atoms with Gasteiger partial charge in [0.1, 0.15) is 24.2 Å². The Kier molecular flexibility index (Phi) is 5.81. The predicted octanol–water partition coefficient (Wildman–Crippen LogP) is 4.92. The fourth-order valence-electron chi connectivity index (χ4n) is 4.39. The van der Waals surface area contributed by atoms with Crippen molar-refractivity contribution >= 4 is 34.4 Å². The molecule has 0 atom stereocenters. The van der Waals surface area contributed by atoms with E-state index < -0.39 is 0 Å². The molecule has 2 amide bonds. The maximum absolute atomic E-state index is 12.9. The van der Waals surface area contributed by atoms with Crippen LogP contribution in [0.5, 0.6) is 5.88 Å². The number of nitrogens with one attached hydrogen (secondary N) is 1. The highest BCUT2D eigenvalue weighted by atomic mass is 16.6. The van der Waals surface area contributed by atoms with Crippen molar-refractivity contribution in [2.24, 2.45) is 0 Å². The average Bonchev–Trinajstić information content (AvgIpc) is 2.83. The van der Waals surface area contributed by atoms with Crippen molar-refractivity contribution in [2.75, 3.05) is 23.4 Å². The Labute approximate surface area is 191 Å². The van der Waals surface area contributed by atoms with Crippen molar-refractivity contribution < 1.29 is 19.1 Å². The Morgan fingerprint density at radius 3 is 2.76 bits per heavy atom. The molecule has 0 spiro atoms. The Balaban J connectivity index is 1.41. The lowest BCUT2D eigenvalue weighted by Crippen LogP contribution is -2.40. The Bertz CT molecular complexity index is 1210. The quantitative estimate of drug-likeness (QED) is 0.614. The van der Waals surface area contributed by atoms with Gasteiger partial charge in [-0.1, -0.05) is 12.5 Å². The van der Waals surface area contributed by atoms with Crippen LogP contribution in [-0.2, 0) is 9.53 Å². The smallest absolute Gasteiger partial charge is 0.414 e. The fraction of sp³-hybridized carbons (Fsp3) is 0.360. The first kappa shape index (κ1) is 21.2.